The number of benzene rings is 1. The van der Waals surface area contributed by atoms with E-state index in [0.29, 0.717) is 5.56 Å². The van der Waals surface area contributed by atoms with Gasteiger partial charge in [-0.1, -0.05) is 18.2 Å². The number of carbonyl (C=O) groups excluding carboxylic acids is 1. The summed E-state index contributed by atoms with van der Waals surface area (Å²) in [5, 5.41) is 22.1. The fourth-order valence-corrected chi connectivity index (χ4v) is 2.05. The lowest BCUT2D eigenvalue weighted by Crippen LogP contribution is -2.54. The van der Waals surface area contributed by atoms with E-state index in [1.165, 1.54) is 0 Å². The van der Waals surface area contributed by atoms with E-state index in [4.69, 9.17) is 4.74 Å². The molecule has 3 N–H and O–H groups in total. The molecule has 1 aliphatic rings. The molecule has 1 aromatic rings. The van der Waals surface area contributed by atoms with Crippen LogP contribution in [-0.4, -0.2) is 40.7 Å². The molecule has 0 spiro atoms. The molecule has 0 aromatic heterocycles. The molecule has 98 valence electrons. The largest absolute Gasteiger partial charge is 0.388 e. The van der Waals surface area contributed by atoms with Gasteiger partial charge in [0.15, 0.2) is 6.29 Å². The molecule has 1 amide bonds. The van der Waals surface area contributed by atoms with Gasteiger partial charge >= 0.3 is 0 Å². The Labute approximate surface area is 105 Å². The molecule has 0 aliphatic carbocycles. The molecule has 1 saturated heterocycles. The van der Waals surface area contributed by atoms with Crippen LogP contribution in [0, 0.1) is 0 Å². The van der Waals surface area contributed by atoms with Crippen LogP contribution in [-0.2, 0) is 4.74 Å². The summed E-state index contributed by atoms with van der Waals surface area (Å²) in [5.41, 5.74) is 0.526. The highest BCUT2D eigenvalue weighted by Crippen LogP contribution is 2.19. The second-order valence-electron chi connectivity index (χ2n) is 4.47. The number of carbonyl (C=O) groups is 1. The van der Waals surface area contributed by atoms with Crippen molar-refractivity contribution in [3.05, 3.63) is 35.9 Å². The van der Waals surface area contributed by atoms with Crippen molar-refractivity contribution in [2.45, 2.75) is 37.9 Å². The smallest absolute Gasteiger partial charge is 0.251 e. The maximum absolute atomic E-state index is 11.9. The van der Waals surface area contributed by atoms with Crippen molar-refractivity contribution >= 4 is 5.91 Å². The average Bonchev–Trinajstić information content (AvgIpc) is 2.36. The molecule has 1 aliphatic heterocycles. The van der Waals surface area contributed by atoms with Gasteiger partial charge in [0.05, 0.1) is 12.1 Å². The van der Waals surface area contributed by atoms with E-state index in [1.54, 1.807) is 31.2 Å². The molecule has 0 bridgehead atoms. The molecular formula is C13H17NO4. The van der Waals surface area contributed by atoms with Crippen LogP contribution in [0.4, 0.5) is 0 Å². The van der Waals surface area contributed by atoms with Crippen LogP contribution in [0.25, 0.3) is 0 Å². The topological polar surface area (TPSA) is 78.8 Å². The van der Waals surface area contributed by atoms with Gasteiger partial charge in [-0.05, 0) is 19.1 Å². The highest BCUT2D eigenvalue weighted by molar-refractivity contribution is 5.94. The normalized spacial score (nSPS) is 31.9. The summed E-state index contributed by atoms with van der Waals surface area (Å²) in [5.74, 6) is -0.263. The van der Waals surface area contributed by atoms with Gasteiger partial charge in [-0.25, -0.2) is 0 Å². The Balaban J connectivity index is 2.02. The first-order valence-electron chi connectivity index (χ1n) is 5.95. The molecule has 1 heterocycles. The lowest BCUT2D eigenvalue weighted by atomic mass is 9.99. The van der Waals surface area contributed by atoms with E-state index in [0.717, 1.165) is 0 Å². The number of aliphatic hydroxyl groups excluding tert-OH is 2. The molecule has 5 heteroatoms. The van der Waals surface area contributed by atoms with Gasteiger partial charge in [0.1, 0.15) is 6.10 Å². The Morgan fingerprint density at radius 1 is 1.33 bits per heavy atom. The zero-order valence-electron chi connectivity index (χ0n) is 10.1. The van der Waals surface area contributed by atoms with Gasteiger partial charge in [-0.3, -0.25) is 4.79 Å². The Kier molecular flexibility index (Phi) is 3.96. The number of hydrogen-bond donors (Lipinski definition) is 3. The fourth-order valence-electron chi connectivity index (χ4n) is 2.05. The first-order chi connectivity index (χ1) is 8.58. The predicted octanol–water partition coefficient (Wildman–Crippen LogP) is 0.273. The van der Waals surface area contributed by atoms with Crippen LogP contribution < -0.4 is 5.32 Å². The van der Waals surface area contributed by atoms with Gasteiger partial charge in [-0.15, -0.1) is 0 Å². The maximum Gasteiger partial charge on any atom is 0.251 e. The molecule has 0 saturated carbocycles. The summed E-state index contributed by atoms with van der Waals surface area (Å²) in [6, 6.07) is 8.25. The Morgan fingerprint density at radius 3 is 2.67 bits per heavy atom. The Hall–Kier alpha value is -1.43. The molecule has 0 unspecified atom stereocenters. The minimum absolute atomic E-state index is 0.185. The Bertz CT molecular complexity index is 409. The lowest BCUT2D eigenvalue weighted by molar-refractivity contribution is -0.201. The maximum atomic E-state index is 11.9. The van der Waals surface area contributed by atoms with Crippen LogP contribution in [0.3, 0.4) is 0 Å². The van der Waals surface area contributed by atoms with Gasteiger partial charge in [0.25, 0.3) is 5.91 Å². The van der Waals surface area contributed by atoms with Gasteiger partial charge in [0.2, 0.25) is 0 Å². The Morgan fingerprint density at radius 2 is 2.00 bits per heavy atom. The van der Waals surface area contributed by atoms with Crippen molar-refractivity contribution in [1.82, 2.24) is 5.32 Å². The van der Waals surface area contributed by atoms with E-state index in [1.807, 2.05) is 6.07 Å². The van der Waals surface area contributed by atoms with Crippen LogP contribution in [0.15, 0.2) is 30.3 Å². The van der Waals surface area contributed by atoms with Crippen molar-refractivity contribution in [2.24, 2.45) is 0 Å². The molecule has 0 radical (unpaired) electrons. The molecule has 5 nitrogen and oxygen atoms in total. The number of ether oxygens (including phenoxy) is 1. The minimum Gasteiger partial charge on any atom is -0.388 e. The van der Waals surface area contributed by atoms with Gasteiger partial charge < -0.3 is 20.3 Å². The summed E-state index contributed by atoms with van der Waals surface area (Å²) in [6.07, 6.45) is -2.09. The second kappa shape index (κ2) is 5.48. The molecule has 2 rings (SSSR count). The monoisotopic (exact) mass is 251 g/mol. The van der Waals surface area contributed by atoms with Crippen LogP contribution in [0.2, 0.25) is 0 Å². The number of aliphatic hydroxyl groups is 2. The standard InChI is InChI=1S/C13H17NO4/c1-8-12(16)10(7-11(15)18-8)14-13(17)9-5-3-2-4-6-9/h2-6,8,10-12,15-16H,7H2,1H3,(H,14,17)/t8-,10-,11+,12+/m1/s1. The summed E-state index contributed by atoms with van der Waals surface area (Å²) < 4.78 is 5.07. The fraction of sp³-hybridized carbons (Fsp3) is 0.462. The van der Waals surface area contributed by atoms with Gasteiger partial charge in [-0.2, -0.15) is 0 Å². The molecule has 1 aromatic carbocycles. The van der Waals surface area contributed by atoms with E-state index in [2.05, 4.69) is 5.32 Å². The van der Waals surface area contributed by atoms with Crippen molar-refractivity contribution in [3.8, 4) is 0 Å². The van der Waals surface area contributed by atoms with E-state index in [9.17, 15) is 15.0 Å². The van der Waals surface area contributed by atoms with Crippen LogP contribution in [0.5, 0.6) is 0 Å². The van der Waals surface area contributed by atoms with E-state index in [-0.39, 0.29) is 12.3 Å². The van der Waals surface area contributed by atoms with Crippen LogP contribution in [0.1, 0.15) is 23.7 Å². The molecular weight excluding hydrogens is 234 g/mol. The summed E-state index contributed by atoms with van der Waals surface area (Å²) >= 11 is 0. The number of hydrogen-bond acceptors (Lipinski definition) is 4. The summed E-state index contributed by atoms with van der Waals surface area (Å²) in [7, 11) is 0. The van der Waals surface area contributed by atoms with Crippen molar-refractivity contribution < 1.29 is 19.7 Å². The third kappa shape index (κ3) is 2.87. The quantitative estimate of drug-likeness (QED) is 0.705. The predicted molar refractivity (Wildman–Crippen MR) is 64.9 cm³/mol. The number of nitrogens with one attached hydrogen (secondary N) is 1. The second-order valence-corrected chi connectivity index (χ2v) is 4.47. The van der Waals surface area contributed by atoms with E-state index >= 15 is 0 Å². The average molecular weight is 251 g/mol. The zero-order chi connectivity index (χ0) is 13.1. The van der Waals surface area contributed by atoms with E-state index < -0.39 is 24.5 Å². The molecule has 1 fully saturated rings. The molecule has 18 heavy (non-hydrogen) atoms. The third-order valence-electron chi connectivity index (χ3n) is 3.07. The lowest BCUT2D eigenvalue weighted by Gasteiger charge is -2.36. The highest BCUT2D eigenvalue weighted by atomic mass is 16.6. The van der Waals surface area contributed by atoms with Crippen molar-refractivity contribution in [2.75, 3.05) is 0 Å². The van der Waals surface area contributed by atoms with Crippen molar-refractivity contribution in [1.29, 1.82) is 0 Å². The van der Waals surface area contributed by atoms with Gasteiger partial charge in [0, 0.05) is 12.0 Å². The summed E-state index contributed by atoms with van der Waals surface area (Å²) in [4.78, 5) is 11.9. The van der Waals surface area contributed by atoms with Crippen molar-refractivity contribution in [3.63, 3.8) is 0 Å². The SMILES string of the molecule is C[C@H]1O[C@H](O)C[C@@H](NC(=O)c2ccccc2)[C@H]1O. The zero-order valence-corrected chi connectivity index (χ0v) is 10.1. The highest BCUT2D eigenvalue weighted by Gasteiger charge is 2.35. The first-order valence-corrected chi connectivity index (χ1v) is 5.95. The third-order valence-corrected chi connectivity index (χ3v) is 3.07. The minimum atomic E-state index is -0.954. The number of amides is 1. The first kappa shape index (κ1) is 13.0. The summed E-state index contributed by atoms with van der Waals surface area (Å²) in [6.45, 7) is 1.66. The van der Waals surface area contributed by atoms with Crippen LogP contribution >= 0.6 is 0 Å². The molecule has 4 atom stereocenters. The number of rotatable bonds is 2.